The van der Waals surface area contributed by atoms with E-state index < -0.39 is 0 Å². The molecule has 1 aromatic rings. The Morgan fingerprint density at radius 2 is 2.10 bits per heavy atom. The molecule has 112 valence electrons. The summed E-state index contributed by atoms with van der Waals surface area (Å²) in [7, 11) is 1.67. The third kappa shape index (κ3) is 5.09. The van der Waals surface area contributed by atoms with Crippen LogP contribution in [0.3, 0.4) is 0 Å². The lowest BCUT2D eigenvalue weighted by Gasteiger charge is -2.22. The van der Waals surface area contributed by atoms with Crippen molar-refractivity contribution in [2.24, 2.45) is 0 Å². The zero-order valence-corrected chi connectivity index (χ0v) is 12.4. The minimum absolute atomic E-state index is 0. The predicted octanol–water partition coefficient (Wildman–Crippen LogP) is 0.859. The molecule has 1 amide bonds. The molecule has 20 heavy (non-hydrogen) atoms. The summed E-state index contributed by atoms with van der Waals surface area (Å²) in [6.45, 7) is 3.10. The first-order valence-electron chi connectivity index (χ1n) is 6.46. The highest BCUT2D eigenvalue weighted by atomic mass is 35.5. The van der Waals surface area contributed by atoms with E-state index in [-0.39, 0.29) is 24.4 Å². The molecule has 0 spiro atoms. The van der Waals surface area contributed by atoms with Gasteiger partial charge >= 0.3 is 0 Å². The van der Waals surface area contributed by atoms with Gasteiger partial charge in [0, 0.05) is 26.7 Å². The summed E-state index contributed by atoms with van der Waals surface area (Å²) in [6.07, 6.45) is -0.374. The summed E-state index contributed by atoms with van der Waals surface area (Å²) in [5.74, 6) is -0.0619. The monoisotopic (exact) mass is 300 g/mol. The van der Waals surface area contributed by atoms with Gasteiger partial charge in [0.15, 0.2) is 0 Å². The highest BCUT2D eigenvalue weighted by Crippen LogP contribution is 2.05. The van der Waals surface area contributed by atoms with Crippen LogP contribution in [0.2, 0.25) is 0 Å². The van der Waals surface area contributed by atoms with Crippen LogP contribution in [0.4, 0.5) is 0 Å². The lowest BCUT2D eigenvalue weighted by Crippen LogP contribution is -2.47. The van der Waals surface area contributed by atoms with Crippen molar-refractivity contribution >= 4 is 18.3 Å². The average Bonchev–Trinajstić information content (AvgIpc) is 2.47. The van der Waals surface area contributed by atoms with Gasteiger partial charge < -0.3 is 20.1 Å². The van der Waals surface area contributed by atoms with Gasteiger partial charge in [0.2, 0.25) is 0 Å². The first kappa shape index (κ1) is 16.9. The van der Waals surface area contributed by atoms with Crippen LogP contribution in [0.15, 0.2) is 24.3 Å². The molecule has 0 aliphatic carbocycles. The number of carbonyl (C=O) groups is 1. The van der Waals surface area contributed by atoms with Crippen molar-refractivity contribution in [1.29, 1.82) is 0 Å². The number of methoxy groups -OCH3 is 1. The van der Waals surface area contributed by atoms with Crippen LogP contribution in [0.5, 0.6) is 0 Å². The van der Waals surface area contributed by atoms with Crippen LogP contribution in [0, 0.1) is 0 Å². The van der Waals surface area contributed by atoms with E-state index >= 15 is 0 Å². The molecule has 1 aliphatic rings. The number of morpholine rings is 1. The van der Waals surface area contributed by atoms with E-state index in [9.17, 15) is 4.79 Å². The van der Waals surface area contributed by atoms with Crippen molar-refractivity contribution in [2.75, 3.05) is 26.8 Å². The molecule has 1 fully saturated rings. The molecule has 0 bridgehead atoms. The van der Waals surface area contributed by atoms with Crippen molar-refractivity contribution in [3.05, 3.63) is 35.4 Å². The van der Waals surface area contributed by atoms with Crippen LogP contribution in [-0.4, -0.2) is 38.8 Å². The Morgan fingerprint density at radius 3 is 2.70 bits per heavy atom. The number of amides is 1. The van der Waals surface area contributed by atoms with Crippen LogP contribution in [-0.2, 0) is 27.4 Å². The van der Waals surface area contributed by atoms with Crippen LogP contribution in [0.25, 0.3) is 0 Å². The SMILES string of the molecule is COCc1ccc(CNC(=O)C2CNCCO2)cc1.Cl. The molecule has 1 saturated heterocycles. The number of halogens is 1. The maximum atomic E-state index is 11.8. The Balaban J connectivity index is 0.00000200. The third-order valence-electron chi connectivity index (χ3n) is 3.02. The Kier molecular flexibility index (Phi) is 7.54. The average molecular weight is 301 g/mol. The van der Waals surface area contributed by atoms with Gasteiger partial charge in [-0.15, -0.1) is 12.4 Å². The smallest absolute Gasteiger partial charge is 0.250 e. The second kappa shape index (κ2) is 8.92. The Hall–Kier alpha value is -1.14. The van der Waals surface area contributed by atoms with Gasteiger partial charge in [0.1, 0.15) is 6.10 Å². The second-order valence-corrected chi connectivity index (χ2v) is 4.53. The number of carbonyl (C=O) groups excluding carboxylic acids is 1. The van der Waals surface area contributed by atoms with Gasteiger partial charge in [-0.3, -0.25) is 4.79 Å². The maximum absolute atomic E-state index is 11.8. The van der Waals surface area contributed by atoms with Gasteiger partial charge in [0.05, 0.1) is 13.2 Å². The number of ether oxygens (including phenoxy) is 2. The van der Waals surface area contributed by atoms with E-state index in [1.54, 1.807) is 7.11 Å². The van der Waals surface area contributed by atoms with Crippen LogP contribution >= 0.6 is 12.4 Å². The van der Waals surface area contributed by atoms with Crippen molar-refractivity contribution in [3.8, 4) is 0 Å². The van der Waals surface area contributed by atoms with E-state index in [0.29, 0.717) is 26.3 Å². The molecule has 1 aliphatic heterocycles. The minimum Gasteiger partial charge on any atom is -0.380 e. The molecule has 1 unspecified atom stereocenters. The highest BCUT2D eigenvalue weighted by Gasteiger charge is 2.20. The van der Waals surface area contributed by atoms with Gasteiger partial charge in [-0.25, -0.2) is 0 Å². The molecule has 1 heterocycles. The quantitative estimate of drug-likeness (QED) is 0.847. The van der Waals surface area contributed by atoms with Crippen LogP contribution in [0.1, 0.15) is 11.1 Å². The molecule has 2 N–H and O–H groups in total. The number of hydrogen-bond donors (Lipinski definition) is 2. The van der Waals surface area contributed by atoms with Crippen molar-refractivity contribution in [1.82, 2.24) is 10.6 Å². The fraction of sp³-hybridized carbons (Fsp3) is 0.500. The van der Waals surface area contributed by atoms with E-state index in [4.69, 9.17) is 9.47 Å². The lowest BCUT2D eigenvalue weighted by molar-refractivity contribution is -0.134. The Labute approximate surface area is 125 Å². The summed E-state index contributed by atoms with van der Waals surface area (Å²) in [6, 6.07) is 8.00. The topological polar surface area (TPSA) is 59.6 Å². The molecule has 1 atom stereocenters. The van der Waals surface area contributed by atoms with E-state index in [1.807, 2.05) is 24.3 Å². The van der Waals surface area contributed by atoms with Crippen molar-refractivity contribution < 1.29 is 14.3 Å². The summed E-state index contributed by atoms with van der Waals surface area (Å²) >= 11 is 0. The van der Waals surface area contributed by atoms with Crippen molar-refractivity contribution in [2.45, 2.75) is 19.3 Å². The van der Waals surface area contributed by atoms with Gasteiger partial charge in [-0.2, -0.15) is 0 Å². The maximum Gasteiger partial charge on any atom is 0.250 e. The zero-order valence-electron chi connectivity index (χ0n) is 11.6. The number of benzene rings is 1. The number of nitrogens with one attached hydrogen (secondary N) is 2. The first-order valence-corrected chi connectivity index (χ1v) is 6.46. The molecular formula is C14H21ClN2O3. The van der Waals surface area contributed by atoms with E-state index in [0.717, 1.165) is 17.7 Å². The van der Waals surface area contributed by atoms with Gasteiger partial charge in [-0.1, -0.05) is 24.3 Å². The third-order valence-corrected chi connectivity index (χ3v) is 3.02. The predicted molar refractivity (Wildman–Crippen MR) is 78.9 cm³/mol. The van der Waals surface area contributed by atoms with E-state index in [1.165, 1.54) is 0 Å². The molecule has 1 aromatic carbocycles. The molecule has 2 rings (SSSR count). The zero-order chi connectivity index (χ0) is 13.5. The molecular weight excluding hydrogens is 280 g/mol. The van der Waals surface area contributed by atoms with Gasteiger partial charge in [0.25, 0.3) is 5.91 Å². The fourth-order valence-corrected chi connectivity index (χ4v) is 1.96. The molecule has 5 nitrogen and oxygen atoms in total. The molecule has 0 saturated carbocycles. The standard InChI is InChI=1S/C14H20N2O3.ClH/c1-18-10-12-4-2-11(3-5-12)8-16-14(17)13-9-15-6-7-19-13;/h2-5,13,15H,6-10H2,1H3,(H,16,17);1H. The van der Waals surface area contributed by atoms with E-state index in [2.05, 4.69) is 10.6 Å². The van der Waals surface area contributed by atoms with Crippen LogP contribution < -0.4 is 10.6 Å². The molecule has 6 heteroatoms. The summed E-state index contributed by atoms with van der Waals surface area (Å²) in [4.78, 5) is 11.8. The normalized spacial score (nSPS) is 18.1. The number of rotatable bonds is 5. The van der Waals surface area contributed by atoms with Gasteiger partial charge in [-0.05, 0) is 11.1 Å². The summed E-state index contributed by atoms with van der Waals surface area (Å²) in [5.41, 5.74) is 2.19. The summed E-state index contributed by atoms with van der Waals surface area (Å²) in [5, 5.41) is 6.02. The van der Waals surface area contributed by atoms with Crippen molar-refractivity contribution in [3.63, 3.8) is 0 Å². The Morgan fingerprint density at radius 1 is 1.40 bits per heavy atom. The second-order valence-electron chi connectivity index (χ2n) is 4.53. The number of hydrogen-bond acceptors (Lipinski definition) is 4. The Bertz CT molecular complexity index is 405. The minimum atomic E-state index is -0.374. The fourth-order valence-electron chi connectivity index (χ4n) is 1.96. The largest absolute Gasteiger partial charge is 0.380 e. The summed E-state index contributed by atoms with van der Waals surface area (Å²) < 4.78 is 10.4. The highest BCUT2D eigenvalue weighted by molar-refractivity contribution is 5.85. The molecule has 0 aromatic heterocycles. The first-order chi connectivity index (χ1) is 9.29. The molecule has 0 radical (unpaired) electrons. The lowest BCUT2D eigenvalue weighted by atomic mass is 10.1.